The van der Waals surface area contributed by atoms with Gasteiger partial charge in [0.1, 0.15) is 24.2 Å². The molecule has 0 spiro atoms. The van der Waals surface area contributed by atoms with Crippen LogP contribution < -0.4 is 16.1 Å². The van der Waals surface area contributed by atoms with Crippen molar-refractivity contribution in [3.8, 4) is 0 Å². The van der Waals surface area contributed by atoms with Crippen molar-refractivity contribution >= 4 is 40.7 Å². The third-order valence-electron chi connectivity index (χ3n) is 6.77. The minimum absolute atomic E-state index is 0.0901. The van der Waals surface area contributed by atoms with Gasteiger partial charge in [-0.1, -0.05) is 44.7 Å². The highest BCUT2D eigenvalue weighted by molar-refractivity contribution is 5.92. The summed E-state index contributed by atoms with van der Waals surface area (Å²) < 4.78 is 5.74. The molecule has 1 unspecified atom stereocenters. The molecular formula is C30H39N5O5. The Kier molecular flexibility index (Phi) is 10.6. The Morgan fingerprint density at radius 1 is 1.12 bits per heavy atom. The van der Waals surface area contributed by atoms with Crippen molar-refractivity contribution in [2.24, 2.45) is 5.92 Å². The molecule has 0 bridgehead atoms. The molecule has 4 atom stereocenters. The lowest BCUT2D eigenvalue weighted by atomic mass is 10.0. The van der Waals surface area contributed by atoms with Crippen LogP contribution in [0.2, 0.25) is 0 Å². The summed E-state index contributed by atoms with van der Waals surface area (Å²) in [5, 5.41) is 7.68. The van der Waals surface area contributed by atoms with E-state index in [9.17, 15) is 19.2 Å². The molecule has 1 aliphatic rings. The van der Waals surface area contributed by atoms with Gasteiger partial charge in [0.15, 0.2) is 0 Å². The Morgan fingerprint density at radius 3 is 2.52 bits per heavy atom. The van der Waals surface area contributed by atoms with Crippen LogP contribution in [0.5, 0.6) is 0 Å². The summed E-state index contributed by atoms with van der Waals surface area (Å²) in [4.78, 5) is 55.5. The number of ether oxygens (including phenoxy) is 1. The van der Waals surface area contributed by atoms with Crippen molar-refractivity contribution in [3.63, 3.8) is 0 Å². The van der Waals surface area contributed by atoms with E-state index in [0.29, 0.717) is 19.4 Å². The topological polar surface area (TPSA) is 130 Å². The van der Waals surface area contributed by atoms with Gasteiger partial charge in [-0.25, -0.2) is 10.4 Å². The molecule has 10 heteroatoms. The van der Waals surface area contributed by atoms with Crippen LogP contribution in [0.4, 0.5) is 0 Å². The van der Waals surface area contributed by atoms with Crippen molar-refractivity contribution in [2.75, 3.05) is 6.54 Å². The van der Waals surface area contributed by atoms with E-state index < -0.39 is 42.0 Å². The van der Waals surface area contributed by atoms with Gasteiger partial charge in [0, 0.05) is 18.4 Å². The van der Waals surface area contributed by atoms with Crippen molar-refractivity contribution in [1.82, 2.24) is 26.1 Å². The number of fused-ring (bicyclic) bond motifs is 1. The molecular weight excluding hydrogens is 510 g/mol. The Labute approximate surface area is 235 Å². The average molecular weight is 550 g/mol. The van der Waals surface area contributed by atoms with Gasteiger partial charge >= 0.3 is 5.97 Å². The predicted molar refractivity (Wildman–Crippen MR) is 153 cm³/mol. The van der Waals surface area contributed by atoms with Crippen LogP contribution in [0, 0.1) is 5.92 Å². The van der Waals surface area contributed by atoms with Crippen LogP contribution in [0.15, 0.2) is 49.6 Å². The fourth-order valence-electron chi connectivity index (χ4n) is 4.45. The summed E-state index contributed by atoms with van der Waals surface area (Å²) in [5.74, 6) is -1.83. The largest absolute Gasteiger partial charge is 0.457 e. The summed E-state index contributed by atoms with van der Waals surface area (Å²) in [5.41, 5.74) is 5.30. The lowest BCUT2D eigenvalue weighted by molar-refractivity contribution is -0.157. The number of hydrogen-bond acceptors (Lipinski definition) is 7. The number of amides is 3. The second kappa shape index (κ2) is 13.8. The number of nitrogens with one attached hydrogen (secondary N) is 3. The van der Waals surface area contributed by atoms with Gasteiger partial charge in [-0.3, -0.25) is 24.2 Å². The smallest absolute Gasteiger partial charge is 0.325 e. The third kappa shape index (κ3) is 7.75. The number of aromatic nitrogens is 1. The maximum atomic E-state index is 13.1. The first-order valence-corrected chi connectivity index (χ1v) is 13.6. The number of nitrogens with zero attached hydrogens (tertiary/aromatic N) is 2. The molecule has 1 aromatic heterocycles. The Hall–Kier alpha value is -4.05. The number of pyridine rings is 1. The fraction of sp³-hybridized carbons (Fsp3) is 0.433. The molecule has 40 heavy (non-hydrogen) atoms. The van der Waals surface area contributed by atoms with Crippen molar-refractivity contribution in [1.29, 1.82) is 0 Å². The van der Waals surface area contributed by atoms with Crippen LogP contribution in [0.3, 0.4) is 0 Å². The van der Waals surface area contributed by atoms with E-state index in [1.54, 1.807) is 33.8 Å². The zero-order valence-corrected chi connectivity index (χ0v) is 23.6. The van der Waals surface area contributed by atoms with Crippen molar-refractivity contribution < 1.29 is 23.9 Å². The highest BCUT2D eigenvalue weighted by Gasteiger charge is 2.33. The molecule has 3 amide bonds. The average Bonchev–Trinajstić information content (AvgIpc) is 2.94. The van der Waals surface area contributed by atoms with E-state index in [1.165, 1.54) is 11.1 Å². The molecule has 0 radical (unpaired) electrons. The number of rotatable bonds is 11. The number of carbonyl (C=O) groups excluding carboxylic acids is 4. The number of hydrogen-bond donors (Lipinski definition) is 3. The van der Waals surface area contributed by atoms with Gasteiger partial charge in [-0.2, -0.15) is 0 Å². The van der Waals surface area contributed by atoms with E-state index >= 15 is 0 Å². The Balaban J connectivity index is 1.59. The monoisotopic (exact) mass is 549 g/mol. The summed E-state index contributed by atoms with van der Waals surface area (Å²) in [6, 6.07) is 7.17. The minimum Gasteiger partial charge on any atom is -0.457 e. The first-order valence-electron chi connectivity index (χ1n) is 13.6. The van der Waals surface area contributed by atoms with Gasteiger partial charge in [-0.05, 0) is 56.4 Å². The van der Waals surface area contributed by atoms with Crippen molar-refractivity contribution in [3.05, 3.63) is 60.8 Å². The zero-order valence-electron chi connectivity index (χ0n) is 23.6. The van der Waals surface area contributed by atoms with Crippen LogP contribution in [-0.4, -0.2) is 58.4 Å². The third-order valence-corrected chi connectivity index (χ3v) is 6.77. The molecule has 2 aromatic rings. The highest BCUT2D eigenvalue weighted by Crippen LogP contribution is 2.23. The lowest BCUT2D eigenvalue weighted by Gasteiger charge is -2.35. The number of hydrazine groups is 1. The van der Waals surface area contributed by atoms with Gasteiger partial charge < -0.3 is 15.4 Å². The van der Waals surface area contributed by atoms with E-state index in [4.69, 9.17) is 4.74 Å². The van der Waals surface area contributed by atoms with Gasteiger partial charge in [0.2, 0.25) is 11.8 Å². The summed E-state index contributed by atoms with van der Waals surface area (Å²) in [6.07, 6.45) is 3.79. The van der Waals surface area contributed by atoms with Crippen LogP contribution in [0.1, 0.15) is 64.3 Å². The molecule has 0 saturated carbocycles. The molecule has 3 rings (SSSR count). The van der Waals surface area contributed by atoms with Gasteiger partial charge in [-0.15, -0.1) is 6.58 Å². The fourth-order valence-corrected chi connectivity index (χ4v) is 4.45. The van der Waals surface area contributed by atoms with Crippen LogP contribution in [-0.2, 0) is 23.9 Å². The SMILES string of the molecule is C=CCC(=O)N[C@H](C(=O)NC(C)C(=O)N1CCC[C@@H](C(=O)O[C@H](C)c2ccc3ccc(C=C)nc3c2)N1)C(C)C. The van der Waals surface area contributed by atoms with E-state index in [0.717, 1.165) is 22.2 Å². The normalized spacial score (nSPS) is 17.4. The highest BCUT2D eigenvalue weighted by atomic mass is 16.5. The molecule has 1 aromatic carbocycles. The number of carbonyl (C=O) groups is 4. The summed E-state index contributed by atoms with van der Waals surface area (Å²) >= 11 is 0. The van der Waals surface area contributed by atoms with Crippen LogP contribution in [0.25, 0.3) is 17.0 Å². The molecule has 1 fully saturated rings. The van der Waals surface area contributed by atoms with E-state index in [-0.39, 0.29) is 18.2 Å². The zero-order chi connectivity index (χ0) is 29.4. The van der Waals surface area contributed by atoms with E-state index in [1.807, 2.05) is 30.3 Å². The maximum absolute atomic E-state index is 13.1. The molecule has 3 N–H and O–H groups in total. The standard InChI is InChI=1S/C30H39N5O5/c1-7-10-26(36)33-27(18(3)4)28(37)31-19(5)29(38)35-16-9-11-24(34-35)30(39)40-20(6)22-13-12-21-14-15-23(8-2)32-25(21)17-22/h7-8,12-15,17-20,24,27,34H,1-2,9-11,16H2,3-6H3,(H,31,37)(H,33,36)/t19?,20-,24+,27+/m1/s1. The molecule has 0 aliphatic carbocycles. The first kappa shape index (κ1) is 30.5. The first-order chi connectivity index (χ1) is 19.0. The quantitative estimate of drug-likeness (QED) is 0.290. The lowest BCUT2D eigenvalue weighted by Crippen LogP contribution is -2.61. The second-order valence-electron chi connectivity index (χ2n) is 10.3. The number of benzene rings is 1. The predicted octanol–water partition coefficient (Wildman–Crippen LogP) is 3.20. The molecule has 1 saturated heterocycles. The molecule has 214 valence electrons. The van der Waals surface area contributed by atoms with Gasteiger partial charge in [0.05, 0.1) is 11.2 Å². The summed E-state index contributed by atoms with van der Waals surface area (Å²) in [6.45, 7) is 14.6. The Morgan fingerprint density at radius 2 is 1.85 bits per heavy atom. The minimum atomic E-state index is -0.878. The molecule has 1 aliphatic heterocycles. The van der Waals surface area contributed by atoms with Crippen molar-refractivity contribution in [2.45, 2.75) is 71.2 Å². The summed E-state index contributed by atoms with van der Waals surface area (Å²) in [7, 11) is 0. The molecule has 10 nitrogen and oxygen atoms in total. The van der Waals surface area contributed by atoms with E-state index in [2.05, 4.69) is 34.2 Å². The Bertz CT molecular complexity index is 1280. The second-order valence-corrected chi connectivity index (χ2v) is 10.3. The number of esters is 1. The maximum Gasteiger partial charge on any atom is 0.325 e. The van der Waals surface area contributed by atoms with Crippen LogP contribution >= 0.6 is 0 Å². The van der Waals surface area contributed by atoms with Gasteiger partial charge in [0.25, 0.3) is 5.91 Å². The molecule has 2 heterocycles.